The van der Waals surface area contributed by atoms with E-state index in [1.54, 1.807) is 33.5 Å². The average molecular weight is 364 g/mol. The van der Waals surface area contributed by atoms with Crippen LogP contribution in [0.2, 0.25) is 5.02 Å². The van der Waals surface area contributed by atoms with E-state index in [1.807, 2.05) is 25.1 Å². The minimum atomic E-state index is -0.123. The first-order chi connectivity index (χ1) is 12.0. The molecule has 0 aromatic heterocycles. The van der Waals surface area contributed by atoms with Gasteiger partial charge in [0, 0.05) is 6.42 Å². The Morgan fingerprint density at radius 2 is 1.76 bits per heavy atom. The van der Waals surface area contributed by atoms with Crippen molar-refractivity contribution in [1.29, 1.82) is 0 Å². The fourth-order valence-electron chi connectivity index (χ4n) is 2.54. The maximum atomic E-state index is 12.2. The molecule has 0 spiro atoms. The Kier molecular flexibility index (Phi) is 6.53. The quantitative estimate of drug-likeness (QED) is 0.799. The minimum Gasteiger partial charge on any atom is -0.493 e. The molecule has 0 aliphatic carbocycles. The summed E-state index contributed by atoms with van der Waals surface area (Å²) in [4.78, 5) is 12.2. The van der Waals surface area contributed by atoms with Crippen molar-refractivity contribution in [3.63, 3.8) is 0 Å². The molecule has 0 saturated carbocycles. The third-order valence-electron chi connectivity index (χ3n) is 3.81. The third kappa shape index (κ3) is 4.57. The normalized spacial score (nSPS) is 10.3. The summed E-state index contributed by atoms with van der Waals surface area (Å²) in [6.45, 7) is 1.95. The first-order valence-electron chi connectivity index (χ1n) is 7.84. The Morgan fingerprint density at radius 1 is 1.04 bits per heavy atom. The van der Waals surface area contributed by atoms with Crippen LogP contribution in [0.5, 0.6) is 17.2 Å². The Morgan fingerprint density at radius 3 is 2.36 bits per heavy atom. The molecular formula is C19H22ClNO4. The number of halogens is 1. The first-order valence-corrected chi connectivity index (χ1v) is 8.21. The number of carbonyl (C=O) groups is 1. The largest absolute Gasteiger partial charge is 0.493 e. The van der Waals surface area contributed by atoms with Crippen LogP contribution < -0.4 is 19.5 Å². The number of methoxy groups -OCH3 is 3. The maximum absolute atomic E-state index is 12.2. The van der Waals surface area contributed by atoms with E-state index in [9.17, 15) is 4.79 Å². The predicted molar refractivity (Wildman–Crippen MR) is 99.2 cm³/mol. The lowest BCUT2D eigenvalue weighted by Gasteiger charge is -2.15. The fourth-order valence-corrected chi connectivity index (χ4v) is 2.82. The zero-order valence-electron chi connectivity index (χ0n) is 14.8. The average Bonchev–Trinajstić information content (AvgIpc) is 2.61. The molecule has 6 heteroatoms. The van der Waals surface area contributed by atoms with Crippen LogP contribution in [0.15, 0.2) is 30.3 Å². The Hall–Kier alpha value is -2.40. The first kappa shape index (κ1) is 18.9. The van der Waals surface area contributed by atoms with Crippen molar-refractivity contribution < 1.29 is 19.0 Å². The molecule has 2 aromatic carbocycles. The number of hydrogen-bond donors (Lipinski definition) is 1. The van der Waals surface area contributed by atoms with Gasteiger partial charge in [-0.05, 0) is 42.7 Å². The standard InChI is InChI=1S/C19H22ClNO4/c1-12-5-8-15(14(20)11-12)21-17(22)10-7-13-6-9-16(23-2)19(25-4)18(13)24-3/h5-6,8-9,11H,7,10H2,1-4H3,(H,21,22). The molecular weight excluding hydrogens is 342 g/mol. The van der Waals surface area contributed by atoms with Gasteiger partial charge in [-0.1, -0.05) is 23.7 Å². The van der Waals surface area contributed by atoms with Gasteiger partial charge in [0.15, 0.2) is 11.5 Å². The number of aryl methyl sites for hydroxylation is 2. The van der Waals surface area contributed by atoms with Crippen molar-refractivity contribution in [2.24, 2.45) is 0 Å². The molecule has 1 amide bonds. The van der Waals surface area contributed by atoms with E-state index in [-0.39, 0.29) is 12.3 Å². The van der Waals surface area contributed by atoms with Gasteiger partial charge in [0.1, 0.15) is 0 Å². The van der Waals surface area contributed by atoms with Gasteiger partial charge in [0.25, 0.3) is 0 Å². The molecule has 0 unspecified atom stereocenters. The van der Waals surface area contributed by atoms with E-state index in [4.69, 9.17) is 25.8 Å². The van der Waals surface area contributed by atoms with Gasteiger partial charge < -0.3 is 19.5 Å². The van der Waals surface area contributed by atoms with Gasteiger partial charge in [-0.2, -0.15) is 0 Å². The van der Waals surface area contributed by atoms with Crippen LogP contribution in [0.25, 0.3) is 0 Å². The molecule has 0 bridgehead atoms. The van der Waals surface area contributed by atoms with Crippen LogP contribution in [0.4, 0.5) is 5.69 Å². The van der Waals surface area contributed by atoms with Crippen LogP contribution in [0.3, 0.4) is 0 Å². The van der Waals surface area contributed by atoms with Crippen molar-refractivity contribution >= 4 is 23.2 Å². The number of amides is 1. The number of rotatable bonds is 7. The minimum absolute atomic E-state index is 0.123. The highest BCUT2D eigenvalue weighted by Crippen LogP contribution is 2.40. The summed E-state index contributed by atoms with van der Waals surface area (Å²) < 4.78 is 16.1. The summed E-state index contributed by atoms with van der Waals surface area (Å²) >= 11 is 6.15. The van der Waals surface area contributed by atoms with E-state index >= 15 is 0 Å². The number of nitrogens with one attached hydrogen (secondary N) is 1. The zero-order valence-corrected chi connectivity index (χ0v) is 15.6. The van der Waals surface area contributed by atoms with Crippen LogP contribution in [0, 0.1) is 6.92 Å². The van der Waals surface area contributed by atoms with Gasteiger partial charge in [-0.25, -0.2) is 0 Å². The van der Waals surface area contributed by atoms with E-state index in [2.05, 4.69) is 5.32 Å². The lowest BCUT2D eigenvalue weighted by Crippen LogP contribution is -2.13. The number of ether oxygens (including phenoxy) is 3. The van der Waals surface area contributed by atoms with E-state index < -0.39 is 0 Å². The third-order valence-corrected chi connectivity index (χ3v) is 4.12. The molecule has 0 heterocycles. The second-order valence-corrected chi connectivity index (χ2v) is 5.93. The van der Waals surface area contributed by atoms with Gasteiger partial charge in [0.05, 0.1) is 32.0 Å². The molecule has 134 valence electrons. The smallest absolute Gasteiger partial charge is 0.224 e. The van der Waals surface area contributed by atoms with Crippen molar-refractivity contribution in [3.05, 3.63) is 46.5 Å². The predicted octanol–water partition coefficient (Wildman–Crippen LogP) is 4.25. The number of hydrogen-bond acceptors (Lipinski definition) is 4. The fraction of sp³-hybridized carbons (Fsp3) is 0.316. The van der Waals surface area contributed by atoms with E-state index in [0.717, 1.165) is 11.1 Å². The monoisotopic (exact) mass is 363 g/mol. The summed E-state index contributed by atoms with van der Waals surface area (Å²) in [5.74, 6) is 1.55. The Labute approximate surface area is 152 Å². The molecule has 0 saturated heterocycles. The van der Waals surface area contributed by atoms with Crippen molar-refractivity contribution in [1.82, 2.24) is 0 Å². The number of carbonyl (C=O) groups excluding carboxylic acids is 1. The van der Waals surface area contributed by atoms with Crippen molar-refractivity contribution in [3.8, 4) is 17.2 Å². The maximum Gasteiger partial charge on any atom is 0.224 e. The lowest BCUT2D eigenvalue weighted by molar-refractivity contribution is -0.116. The molecule has 1 N–H and O–H groups in total. The highest BCUT2D eigenvalue weighted by molar-refractivity contribution is 6.33. The van der Waals surface area contributed by atoms with Gasteiger partial charge in [-0.15, -0.1) is 0 Å². The van der Waals surface area contributed by atoms with Crippen molar-refractivity contribution in [2.75, 3.05) is 26.6 Å². The van der Waals surface area contributed by atoms with Crippen LogP contribution in [0.1, 0.15) is 17.5 Å². The zero-order chi connectivity index (χ0) is 18.4. The molecule has 0 atom stereocenters. The molecule has 0 aliphatic rings. The van der Waals surface area contributed by atoms with E-state index in [1.165, 1.54) is 0 Å². The Bertz CT molecular complexity index is 761. The van der Waals surface area contributed by atoms with Crippen LogP contribution >= 0.6 is 11.6 Å². The summed E-state index contributed by atoms with van der Waals surface area (Å²) in [5.41, 5.74) is 2.51. The summed E-state index contributed by atoms with van der Waals surface area (Å²) in [6.07, 6.45) is 0.787. The molecule has 0 aliphatic heterocycles. The van der Waals surface area contributed by atoms with Gasteiger partial charge in [-0.3, -0.25) is 4.79 Å². The topological polar surface area (TPSA) is 56.8 Å². The summed E-state index contributed by atoms with van der Waals surface area (Å²) in [7, 11) is 4.68. The van der Waals surface area contributed by atoms with Crippen LogP contribution in [-0.4, -0.2) is 27.2 Å². The van der Waals surface area contributed by atoms with Gasteiger partial charge >= 0.3 is 0 Å². The second kappa shape index (κ2) is 8.62. The Balaban J connectivity index is 2.09. The summed E-state index contributed by atoms with van der Waals surface area (Å²) in [5, 5.41) is 3.35. The molecule has 0 fully saturated rings. The lowest BCUT2D eigenvalue weighted by atomic mass is 10.1. The second-order valence-electron chi connectivity index (χ2n) is 5.52. The summed E-state index contributed by atoms with van der Waals surface area (Å²) in [6, 6.07) is 9.18. The molecule has 2 rings (SSSR count). The van der Waals surface area contributed by atoms with Crippen molar-refractivity contribution in [2.45, 2.75) is 19.8 Å². The number of anilines is 1. The molecule has 25 heavy (non-hydrogen) atoms. The molecule has 0 radical (unpaired) electrons. The van der Waals surface area contributed by atoms with Gasteiger partial charge in [0.2, 0.25) is 11.7 Å². The molecule has 2 aromatic rings. The highest BCUT2D eigenvalue weighted by Gasteiger charge is 2.16. The number of benzene rings is 2. The van der Waals surface area contributed by atoms with E-state index in [0.29, 0.717) is 34.4 Å². The molecule has 5 nitrogen and oxygen atoms in total. The SMILES string of the molecule is COc1ccc(CCC(=O)Nc2ccc(C)cc2Cl)c(OC)c1OC. The highest BCUT2D eigenvalue weighted by atomic mass is 35.5. The van der Waals surface area contributed by atoms with Crippen LogP contribution in [-0.2, 0) is 11.2 Å².